The molecule has 0 N–H and O–H groups in total. The first-order valence-electron chi connectivity index (χ1n) is 18.3. The highest BCUT2D eigenvalue weighted by atomic mass is 15.0. The van der Waals surface area contributed by atoms with E-state index in [1.807, 2.05) is 18.2 Å². The molecule has 5 heteroatoms. The highest BCUT2D eigenvalue weighted by Crippen LogP contribution is 2.40. The number of fused-ring (bicyclic) bond motifs is 9. The van der Waals surface area contributed by atoms with E-state index < -0.39 is 0 Å². The monoisotopic (exact) mass is 699 g/mol. The minimum Gasteiger partial charge on any atom is -0.310 e. The molecular formula is C50H29N5. The third-order valence-corrected chi connectivity index (χ3v) is 11.1. The van der Waals surface area contributed by atoms with Gasteiger partial charge in [0.2, 0.25) is 0 Å². The van der Waals surface area contributed by atoms with Crippen LogP contribution in [0.3, 0.4) is 0 Å². The molecule has 0 fully saturated rings. The summed E-state index contributed by atoms with van der Waals surface area (Å²) < 4.78 is 6.88. The first-order valence-corrected chi connectivity index (χ1v) is 18.3. The summed E-state index contributed by atoms with van der Waals surface area (Å²) in [5.74, 6) is 0. The Morgan fingerprint density at radius 3 is 1.36 bits per heavy atom. The standard InChI is InChI=1S/C50H29N5/c1-51-33-21-28-49-43(29-33)41-14-6-10-18-48(41)54(49)36-25-27-42-40-13-5-9-17-47(40)55(50(42)31-36)35-24-26-37(44(30-35)52-2)32-19-22-34(23-20-32)53-45-15-7-3-11-38(45)39-12-4-8-16-46(39)53/h3-31H. The van der Waals surface area contributed by atoms with Gasteiger partial charge in [-0.15, -0.1) is 0 Å². The molecule has 0 aliphatic carbocycles. The van der Waals surface area contributed by atoms with E-state index in [0.29, 0.717) is 11.4 Å². The van der Waals surface area contributed by atoms with Gasteiger partial charge >= 0.3 is 0 Å². The summed E-state index contributed by atoms with van der Waals surface area (Å²) in [6.07, 6.45) is 0. The highest BCUT2D eigenvalue weighted by Gasteiger charge is 2.18. The third kappa shape index (κ3) is 4.51. The molecule has 0 radical (unpaired) electrons. The normalized spacial score (nSPS) is 11.6. The summed E-state index contributed by atoms with van der Waals surface area (Å²) in [7, 11) is 0. The molecule has 0 bridgehead atoms. The molecule has 0 aliphatic heterocycles. The minimum absolute atomic E-state index is 0.599. The Morgan fingerprint density at radius 2 is 0.782 bits per heavy atom. The average molecular weight is 700 g/mol. The fourth-order valence-electron chi connectivity index (χ4n) is 8.67. The number of benzene rings is 8. The molecule has 11 aromatic rings. The smallest absolute Gasteiger partial charge is 0.196 e. The van der Waals surface area contributed by atoms with E-state index in [-0.39, 0.29) is 0 Å². The van der Waals surface area contributed by atoms with Gasteiger partial charge in [-0.1, -0.05) is 103 Å². The summed E-state index contributed by atoms with van der Waals surface area (Å²) in [5, 5.41) is 6.94. The summed E-state index contributed by atoms with van der Waals surface area (Å²) >= 11 is 0. The van der Waals surface area contributed by atoms with Crippen LogP contribution in [0.2, 0.25) is 0 Å². The number of nitrogens with zero attached hydrogens (tertiary/aromatic N) is 5. The van der Waals surface area contributed by atoms with Crippen molar-refractivity contribution in [3.63, 3.8) is 0 Å². The van der Waals surface area contributed by atoms with Crippen molar-refractivity contribution in [1.82, 2.24) is 13.7 Å². The second kappa shape index (κ2) is 11.8. The van der Waals surface area contributed by atoms with E-state index in [1.54, 1.807) is 0 Å². The minimum atomic E-state index is 0.599. The Kier molecular flexibility index (Phi) is 6.61. The van der Waals surface area contributed by atoms with Crippen LogP contribution in [0.25, 0.3) is 103 Å². The van der Waals surface area contributed by atoms with Crippen molar-refractivity contribution < 1.29 is 0 Å². The first kappa shape index (κ1) is 30.7. The lowest BCUT2D eigenvalue weighted by Crippen LogP contribution is -1.97. The van der Waals surface area contributed by atoms with Crippen LogP contribution in [0, 0.1) is 13.1 Å². The summed E-state index contributed by atoms with van der Waals surface area (Å²) in [6, 6.07) is 61.3. The molecule has 0 saturated carbocycles. The van der Waals surface area contributed by atoms with Crippen LogP contribution in [0.1, 0.15) is 0 Å². The molecule has 8 aromatic carbocycles. The van der Waals surface area contributed by atoms with Crippen LogP contribution in [-0.4, -0.2) is 13.7 Å². The molecule has 3 heterocycles. The molecule has 0 spiro atoms. The van der Waals surface area contributed by atoms with Crippen LogP contribution in [0.5, 0.6) is 0 Å². The van der Waals surface area contributed by atoms with E-state index in [2.05, 4.69) is 181 Å². The molecule has 0 aliphatic rings. The maximum absolute atomic E-state index is 8.32. The van der Waals surface area contributed by atoms with Gasteiger partial charge in [0.15, 0.2) is 11.4 Å². The largest absolute Gasteiger partial charge is 0.310 e. The van der Waals surface area contributed by atoms with Gasteiger partial charge in [0.1, 0.15) is 0 Å². The Balaban J connectivity index is 1.05. The van der Waals surface area contributed by atoms with Gasteiger partial charge in [-0.2, -0.15) is 0 Å². The van der Waals surface area contributed by atoms with Crippen molar-refractivity contribution >= 4 is 76.8 Å². The zero-order chi connectivity index (χ0) is 36.6. The van der Waals surface area contributed by atoms with Crippen molar-refractivity contribution in [3.05, 3.63) is 199 Å². The van der Waals surface area contributed by atoms with E-state index in [0.717, 1.165) is 71.8 Å². The van der Waals surface area contributed by atoms with Crippen LogP contribution < -0.4 is 0 Å². The van der Waals surface area contributed by atoms with Gasteiger partial charge < -0.3 is 13.7 Å². The number of hydrogen-bond donors (Lipinski definition) is 0. The highest BCUT2D eigenvalue weighted by molar-refractivity contribution is 6.13. The maximum atomic E-state index is 8.32. The van der Waals surface area contributed by atoms with Gasteiger partial charge in [-0.25, -0.2) is 9.69 Å². The molecule has 5 nitrogen and oxygen atoms in total. The van der Waals surface area contributed by atoms with E-state index >= 15 is 0 Å². The van der Waals surface area contributed by atoms with Crippen molar-refractivity contribution in [3.8, 4) is 28.2 Å². The lowest BCUT2D eigenvalue weighted by Gasteiger charge is -2.14. The lowest BCUT2D eigenvalue weighted by molar-refractivity contribution is 1.16. The number of aromatic nitrogens is 3. The topological polar surface area (TPSA) is 23.5 Å². The Morgan fingerprint density at radius 1 is 0.327 bits per heavy atom. The van der Waals surface area contributed by atoms with Crippen molar-refractivity contribution in [2.75, 3.05) is 0 Å². The summed E-state index contributed by atoms with van der Waals surface area (Å²) in [4.78, 5) is 7.79. The van der Waals surface area contributed by atoms with Crippen molar-refractivity contribution in [2.24, 2.45) is 0 Å². The van der Waals surface area contributed by atoms with Gasteiger partial charge in [0.05, 0.1) is 46.2 Å². The Labute approximate surface area is 316 Å². The number of hydrogen-bond acceptors (Lipinski definition) is 0. The van der Waals surface area contributed by atoms with Crippen LogP contribution in [0.15, 0.2) is 176 Å². The predicted octanol–water partition coefficient (Wildman–Crippen LogP) is 13.7. The zero-order valence-corrected chi connectivity index (χ0v) is 29.5. The second-order valence-corrected chi connectivity index (χ2v) is 13.9. The molecule has 0 unspecified atom stereocenters. The van der Waals surface area contributed by atoms with Crippen LogP contribution in [0.4, 0.5) is 11.4 Å². The number of para-hydroxylation sites is 4. The molecule has 11 rings (SSSR count). The number of rotatable bonds is 4. The molecule has 0 atom stereocenters. The molecule has 55 heavy (non-hydrogen) atoms. The SMILES string of the molecule is [C-]#[N+]c1ccc2c(c1)c1ccccc1n2-c1ccc2c3ccccc3n(-c3ccc(-c4ccc(-n5c6ccccc6c6ccccc65)cc4)c([N+]#[C-])c3)c2c1. The van der Waals surface area contributed by atoms with E-state index in [1.165, 1.54) is 21.8 Å². The maximum Gasteiger partial charge on any atom is 0.196 e. The fraction of sp³-hybridized carbons (Fsp3) is 0. The van der Waals surface area contributed by atoms with Crippen molar-refractivity contribution in [2.45, 2.75) is 0 Å². The predicted molar refractivity (Wildman–Crippen MR) is 227 cm³/mol. The molecule has 254 valence electrons. The lowest BCUT2D eigenvalue weighted by atomic mass is 10.0. The summed E-state index contributed by atoms with van der Waals surface area (Å²) in [5.41, 5.74) is 12.8. The third-order valence-electron chi connectivity index (χ3n) is 11.1. The molecule has 0 amide bonds. The first-order chi connectivity index (χ1) is 27.2. The molecule has 3 aromatic heterocycles. The van der Waals surface area contributed by atoms with Crippen molar-refractivity contribution in [1.29, 1.82) is 0 Å². The zero-order valence-electron chi connectivity index (χ0n) is 29.5. The quantitative estimate of drug-likeness (QED) is 0.163. The average Bonchev–Trinajstić information content (AvgIpc) is 3.88. The van der Waals surface area contributed by atoms with Gasteiger partial charge in [-0.05, 0) is 89.3 Å². The van der Waals surface area contributed by atoms with Crippen LogP contribution in [-0.2, 0) is 0 Å². The Hall–Kier alpha value is -7.86. The molecular weight excluding hydrogens is 671 g/mol. The van der Waals surface area contributed by atoms with E-state index in [4.69, 9.17) is 13.1 Å². The van der Waals surface area contributed by atoms with Gasteiger partial charge in [0.25, 0.3) is 0 Å². The van der Waals surface area contributed by atoms with Gasteiger partial charge in [0, 0.05) is 44.0 Å². The fourth-order valence-corrected chi connectivity index (χ4v) is 8.67. The Bertz CT molecular complexity index is 3400. The van der Waals surface area contributed by atoms with Crippen LogP contribution >= 0.6 is 0 Å². The summed E-state index contributed by atoms with van der Waals surface area (Å²) in [6.45, 7) is 15.9. The van der Waals surface area contributed by atoms with E-state index in [9.17, 15) is 0 Å². The molecule has 0 saturated heterocycles. The van der Waals surface area contributed by atoms with Gasteiger partial charge in [-0.3, -0.25) is 0 Å². The second-order valence-electron chi connectivity index (χ2n) is 13.9.